The van der Waals surface area contributed by atoms with E-state index in [1.807, 2.05) is 26.8 Å². The summed E-state index contributed by atoms with van der Waals surface area (Å²) in [6, 6.07) is 0.131. The third-order valence-electron chi connectivity index (χ3n) is 1.03. The Hall–Kier alpha value is -0.210. The Labute approximate surface area is 67.4 Å². The number of allylic oxidation sites excluding steroid dienone is 2. The SMILES string of the molecule is C=C(C)S/C(=C\C)[C@@H](C)N. The van der Waals surface area contributed by atoms with Crippen molar-refractivity contribution in [1.29, 1.82) is 0 Å². The first-order valence-electron chi connectivity index (χ1n) is 3.33. The molecule has 0 aliphatic carbocycles. The zero-order chi connectivity index (χ0) is 8.15. The van der Waals surface area contributed by atoms with Gasteiger partial charge in [-0.05, 0) is 25.7 Å². The Morgan fingerprint density at radius 1 is 1.70 bits per heavy atom. The molecule has 0 bridgehead atoms. The van der Waals surface area contributed by atoms with Crippen LogP contribution in [0.5, 0.6) is 0 Å². The van der Waals surface area contributed by atoms with E-state index in [1.165, 1.54) is 4.91 Å². The van der Waals surface area contributed by atoms with Gasteiger partial charge in [-0.15, -0.1) is 0 Å². The molecule has 0 aliphatic heterocycles. The molecule has 0 fully saturated rings. The van der Waals surface area contributed by atoms with Crippen LogP contribution in [0.3, 0.4) is 0 Å². The first kappa shape index (κ1) is 9.79. The Balaban J connectivity index is 3.99. The summed E-state index contributed by atoms with van der Waals surface area (Å²) in [7, 11) is 0. The van der Waals surface area contributed by atoms with Crippen LogP contribution in [0, 0.1) is 0 Å². The Bertz CT molecular complexity index is 147. The molecule has 58 valence electrons. The Kier molecular flexibility index (Phi) is 4.49. The highest BCUT2D eigenvalue weighted by atomic mass is 32.2. The average molecular weight is 157 g/mol. The lowest BCUT2D eigenvalue weighted by Gasteiger charge is -2.08. The van der Waals surface area contributed by atoms with E-state index in [0.29, 0.717) is 0 Å². The van der Waals surface area contributed by atoms with E-state index < -0.39 is 0 Å². The molecule has 1 atom stereocenters. The van der Waals surface area contributed by atoms with E-state index in [9.17, 15) is 0 Å². The summed E-state index contributed by atoms with van der Waals surface area (Å²) in [4.78, 5) is 2.28. The summed E-state index contributed by atoms with van der Waals surface area (Å²) >= 11 is 1.65. The predicted octanol–water partition coefficient (Wildman–Crippen LogP) is 2.50. The van der Waals surface area contributed by atoms with Gasteiger partial charge in [0.15, 0.2) is 0 Å². The average Bonchev–Trinajstić information content (AvgIpc) is 1.81. The minimum atomic E-state index is 0.131. The summed E-state index contributed by atoms with van der Waals surface area (Å²) in [5, 5.41) is 0. The van der Waals surface area contributed by atoms with Crippen molar-refractivity contribution in [3.63, 3.8) is 0 Å². The van der Waals surface area contributed by atoms with Gasteiger partial charge in [0.1, 0.15) is 0 Å². The lowest BCUT2D eigenvalue weighted by molar-refractivity contribution is 0.909. The van der Waals surface area contributed by atoms with Crippen molar-refractivity contribution in [1.82, 2.24) is 0 Å². The van der Waals surface area contributed by atoms with Gasteiger partial charge in [-0.1, -0.05) is 24.4 Å². The van der Waals surface area contributed by atoms with Crippen molar-refractivity contribution >= 4 is 11.8 Å². The van der Waals surface area contributed by atoms with Crippen molar-refractivity contribution < 1.29 is 0 Å². The summed E-state index contributed by atoms with van der Waals surface area (Å²) in [6.45, 7) is 9.75. The maximum Gasteiger partial charge on any atom is 0.0326 e. The summed E-state index contributed by atoms with van der Waals surface area (Å²) in [5.41, 5.74) is 5.67. The van der Waals surface area contributed by atoms with Crippen LogP contribution < -0.4 is 5.73 Å². The fraction of sp³-hybridized carbons (Fsp3) is 0.500. The molecule has 0 amide bonds. The maximum absolute atomic E-state index is 5.67. The molecule has 0 spiro atoms. The van der Waals surface area contributed by atoms with Crippen LogP contribution in [0.2, 0.25) is 0 Å². The Morgan fingerprint density at radius 2 is 2.20 bits per heavy atom. The van der Waals surface area contributed by atoms with Crippen LogP contribution in [0.15, 0.2) is 22.5 Å². The zero-order valence-electron chi connectivity index (χ0n) is 6.85. The molecule has 0 aromatic carbocycles. The topological polar surface area (TPSA) is 26.0 Å². The number of hydrogen-bond acceptors (Lipinski definition) is 2. The van der Waals surface area contributed by atoms with E-state index in [4.69, 9.17) is 5.73 Å². The molecule has 1 nitrogen and oxygen atoms in total. The van der Waals surface area contributed by atoms with Crippen LogP contribution >= 0.6 is 11.8 Å². The zero-order valence-corrected chi connectivity index (χ0v) is 7.66. The summed E-state index contributed by atoms with van der Waals surface area (Å²) in [5.74, 6) is 0. The van der Waals surface area contributed by atoms with E-state index in [-0.39, 0.29) is 6.04 Å². The van der Waals surface area contributed by atoms with Gasteiger partial charge in [-0.3, -0.25) is 0 Å². The standard InChI is InChI=1S/C8H15NS/c1-5-8(7(4)9)10-6(2)3/h5,7H,2,9H2,1,3-4H3/b8-5-/t7-/m1/s1. The van der Waals surface area contributed by atoms with Gasteiger partial charge >= 0.3 is 0 Å². The molecule has 0 aromatic rings. The monoisotopic (exact) mass is 157 g/mol. The molecule has 0 aliphatic rings. The lowest BCUT2D eigenvalue weighted by Crippen LogP contribution is -2.15. The molecule has 0 rings (SSSR count). The number of nitrogens with two attached hydrogens (primary N) is 1. The van der Waals surface area contributed by atoms with Crippen molar-refractivity contribution in [3.05, 3.63) is 22.5 Å². The van der Waals surface area contributed by atoms with Crippen molar-refractivity contribution in [2.45, 2.75) is 26.8 Å². The van der Waals surface area contributed by atoms with Crippen molar-refractivity contribution in [2.24, 2.45) is 5.73 Å². The van der Waals surface area contributed by atoms with Crippen LogP contribution in [0.25, 0.3) is 0 Å². The summed E-state index contributed by atoms with van der Waals surface area (Å²) in [6.07, 6.45) is 2.03. The number of rotatable bonds is 3. The predicted molar refractivity (Wildman–Crippen MR) is 49.8 cm³/mol. The fourth-order valence-corrected chi connectivity index (χ4v) is 1.32. The van der Waals surface area contributed by atoms with Crippen LogP contribution in [-0.2, 0) is 0 Å². The van der Waals surface area contributed by atoms with Crippen molar-refractivity contribution in [3.8, 4) is 0 Å². The molecule has 2 heteroatoms. The second kappa shape index (κ2) is 4.58. The third kappa shape index (κ3) is 3.75. The minimum Gasteiger partial charge on any atom is -0.324 e. The molecular formula is C8H15NS. The highest BCUT2D eigenvalue weighted by Crippen LogP contribution is 2.24. The summed E-state index contributed by atoms with van der Waals surface area (Å²) < 4.78 is 0. The molecular weight excluding hydrogens is 142 g/mol. The minimum absolute atomic E-state index is 0.131. The quantitative estimate of drug-likeness (QED) is 0.681. The molecule has 10 heavy (non-hydrogen) atoms. The van der Waals surface area contributed by atoms with Crippen LogP contribution in [0.4, 0.5) is 0 Å². The molecule has 0 heterocycles. The molecule has 0 radical (unpaired) electrons. The molecule has 2 N–H and O–H groups in total. The van der Waals surface area contributed by atoms with Gasteiger partial charge in [0, 0.05) is 10.9 Å². The van der Waals surface area contributed by atoms with E-state index in [1.54, 1.807) is 11.8 Å². The maximum atomic E-state index is 5.67. The number of hydrogen-bond donors (Lipinski definition) is 1. The number of thioether (sulfide) groups is 1. The first-order valence-corrected chi connectivity index (χ1v) is 4.14. The largest absolute Gasteiger partial charge is 0.324 e. The van der Waals surface area contributed by atoms with Gasteiger partial charge in [0.2, 0.25) is 0 Å². The highest BCUT2D eigenvalue weighted by Gasteiger charge is 2.01. The van der Waals surface area contributed by atoms with Gasteiger partial charge in [-0.25, -0.2) is 0 Å². The van der Waals surface area contributed by atoms with Crippen LogP contribution in [-0.4, -0.2) is 6.04 Å². The van der Waals surface area contributed by atoms with E-state index in [0.717, 1.165) is 4.91 Å². The fourth-order valence-electron chi connectivity index (χ4n) is 0.616. The highest BCUT2D eigenvalue weighted by molar-refractivity contribution is 8.06. The first-order chi connectivity index (χ1) is 4.57. The lowest BCUT2D eigenvalue weighted by atomic mass is 10.3. The molecule has 0 aromatic heterocycles. The van der Waals surface area contributed by atoms with Crippen molar-refractivity contribution in [2.75, 3.05) is 0 Å². The van der Waals surface area contributed by atoms with E-state index in [2.05, 4.69) is 6.58 Å². The smallest absolute Gasteiger partial charge is 0.0326 e. The van der Waals surface area contributed by atoms with Gasteiger partial charge in [0.05, 0.1) is 0 Å². The molecule has 0 saturated heterocycles. The second-order valence-electron chi connectivity index (χ2n) is 2.28. The normalized spacial score (nSPS) is 15.0. The third-order valence-corrected chi connectivity index (χ3v) is 2.22. The van der Waals surface area contributed by atoms with E-state index >= 15 is 0 Å². The molecule has 0 unspecified atom stereocenters. The Morgan fingerprint density at radius 3 is 2.30 bits per heavy atom. The van der Waals surface area contributed by atoms with Gasteiger partial charge < -0.3 is 5.73 Å². The van der Waals surface area contributed by atoms with Gasteiger partial charge in [0.25, 0.3) is 0 Å². The molecule has 0 saturated carbocycles. The van der Waals surface area contributed by atoms with Crippen LogP contribution in [0.1, 0.15) is 20.8 Å². The van der Waals surface area contributed by atoms with Gasteiger partial charge in [-0.2, -0.15) is 0 Å². The second-order valence-corrected chi connectivity index (χ2v) is 3.66.